The topological polar surface area (TPSA) is 46.0 Å². The van der Waals surface area contributed by atoms with Crippen molar-refractivity contribution >= 4 is 11.9 Å². The minimum atomic E-state index is -0.0635. The van der Waals surface area contributed by atoms with Gasteiger partial charge in [-0.2, -0.15) is 0 Å². The zero-order valence-electron chi connectivity index (χ0n) is 7.44. The molecule has 0 saturated carbocycles. The van der Waals surface area contributed by atoms with Gasteiger partial charge in [-0.25, -0.2) is 0 Å². The molecule has 0 bridgehead atoms. The first-order valence-corrected chi connectivity index (χ1v) is 4.25. The van der Waals surface area contributed by atoms with Gasteiger partial charge in [0.2, 0.25) is 5.78 Å². The smallest absolute Gasteiger partial charge is 0.202 e. The van der Waals surface area contributed by atoms with Gasteiger partial charge in [0.15, 0.2) is 0 Å². The van der Waals surface area contributed by atoms with Gasteiger partial charge >= 0.3 is 0 Å². The van der Waals surface area contributed by atoms with Crippen LogP contribution in [0.1, 0.15) is 16.2 Å². The first-order valence-electron chi connectivity index (χ1n) is 4.25. The summed E-state index contributed by atoms with van der Waals surface area (Å²) in [5.74, 6) is 0.608. The van der Waals surface area contributed by atoms with Crippen molar-refractivity contribution in [2.24, 2.45) is 0 Å². The van der Waals surface area contributed by atoms with E-state index < -0.39 is 0 Å². The monoisotopic (exact) mass is 187 g/mol. The van der Waals surface area contributed by atoms with Crippen LogP contribution in [0, 0.1) is 0 Å². The van der Waals surface area contributed by atoms with Crippen molar-refractivity contribution in [1.29, 1.82) is 0 Å². The van der Waals surface area contributed by atoms with Crippen molar-refractivity contribution in [1.82, 2.24) is 4.98 Å². The summed E-state index contributed by atoms with van der Waals surface area (Å²) in [4.78, 5) is 14.3. The molecule has 0 radical (unpaired) electrons. The molecule has 0 amide bonds. The van der Waals surface area contributed by atoms with Gasteiger partial charge in [0, 0.05) is 6.20 Å². The number of hydrogen-bond donors (Lipinski definition) is 1. The lowest BCUT2D eigenvalue weighted by Crippen LogP contribution is -1.92. The van der Waals surface area contributed by atoms with Crippen molar-refractivity contribution in [3.05, 3.63) is 54.3 Å². The molecule has 0 aliphatic heterocycles. The Labute approximate surface area is 81.1 Å². The fourth-order valence-electron chi connectivity index (χ4n) is 1.12. The molecule has 0 aliphatic carbocycles. The van der Waals surface area contributed by atoms with Gasteiger partial charge in [-0.1, -0.05) is 0 Å². The highest BCUT2D eigenvalue weighted by atomic mass is 16.3. The van der Waals surface area contributed by atoms with Gasteiger partial charge in [0.1, 0.15) is 5.76 Å². The fourth-order valence-corrected chi connectivity index (χ4v) is 1.12. The molecule has 2 heterocycles. The lowest BCUT2D eigenvalue weighted by Gasteiger charge is -1.87. The van der Waals surface area contributed by atoms with Crippen LogP contribution in [-0.4, -0.2) is 10.8 Å². The minimum absolute atomic E-state index is 0.0635. The number of aromatic amines is 1. The predicted octanol–water partition coefficient (Wildman–Crippen LogP) is 2.50. The molecule has 0 fully saturated rings. The van der Waals surface area contributed by atoms with E-state index in [0.29, 0.717) is 11.5 Å². The summed E-state index contributed by atoms with van der Waals surface area (Å²) >= 11 is 0. The second-order valence-electron chi connectivity index (χ2n) is 2.80. The summed E-state index contributed by atoms with van der Waals surface area (Å²) in [6.07, 6.45) is 6.40. The molecule has 0 spiro atoms. The molecule has 0 atom stereocenters. The van der Waals surface area contributed by atoms with E-state index in [1.807, 2.05) is 0 Å². The minimum Gasteiger partial charge on any atom is -0.465 e. The number of hydrogen-bond acceptors (Lipinski definition) is 2. The Bertz CT molecular complexity index is 424. The normalized spacial score (nSPS) is 10.9. The summed E-state index contributed by atoms with van der Waals surface area (Å²) in [7, 11) is 0. The third-order valence-corrected chi connectivity index (χ3v) is 1.81. The second kappa shape index (κ2) is 3.79. The zero-order chi connectivity index (χ0) is 9.80. The van der Waals surface area contributed by atoms with Gasteiger partial charge in [-0.15, -0.1) is 0 Å². The van der Waals surface area contributed by atoms with Gasteiger partial charge in [0.05, 0.1) is 12.0 Å². The molecule has 3 heteroatoms. The van der Waals surface area contributed by atoms with E-state index in [1.54, 1.807) is 42.8 Å². The van der Waals surface area contributed by atoms with Gasteiger partial charge in [-0.3, -0.25) is 4.79 Å². The lowest BCUT2D eigenvalue weighted by molar-refractivity contribution is 0.104. The van der Waals surface area contributed by atoms with E-state index in [0.717, 1.165) is 0 Å². The Morgan fingerprint density at radius 2 is 2.29 bits per heavy atom. The fraction of sp³-hybridized carbons (Fsp3) is 0. The van der Waals surface area contributed by atoms with Crippen LogP contribution in [0.15, 0.2) is 47.2 Å². The van der Waals surface area contributed by atoms with E-state index in [2.05, 4.69) is 4.98 Å². The van der Waals surface area contributed by atoms with Crippen LogP contribution in [0.2, 0.25) is 0 Å². The third kappa shape index (κ3) is 1.82. The maximum atomic E-state index is 11.4. The van der Waals surface area contributed by atoms with E-state index in [9.17, 15) is 4.79 Å². The van der Waals surface area contributed by atoms with Crippen molar-refractivity contribution < 1.29 is 9.21 Å². The van der Waals surface area contributed by atoms with Crippen molar-refractivity contribution in [3.8, 4) is 0 Å². The number of carbonyl (C=O) groups excluding carboxylic acids is 1. The van der Waals surface area contributed by atoms with Crippen LogP contribution < -0.4 is 0 Å². The number of nitrogens with one attached hydrogen (secondary N) is 1. The average molecular weight is 187 g/mol. The standard InChI is InChI=1S/C11H9NO2/c13-11(10-4-1-7-12-10)6-5-9-3-2-8-14-9/h1-8,12H/b6-5+. The van der Waals surface area contributed by atoms with Crippen molar-refractivity contribution in [3.63, 3.8) is 0 Å². The van der Waals surface area contributed by atoms with Crippen LogP contribution in [0.5, 0.6) is 0 Å². The SMILES string of the molecule is O=C(/C=C/c1ccco1)c1ccc[nH]1. The molecule has 2 rings (SSSR count). The van der Waals surface area contributed by atoms with E-state index in [4.69, 9.17) is 4.42 Å². The van der Waals surface area contributed by atoms with Crippen molar-refractivity contribution in [2.75, 3.05) is 0 Å². The van der Waals surface area contributed by atoms with Crippen LogP contribution >= 0.6 is 0 Å². The molecule has 0 unspecified atom stereocenters. The summed E-state index contributed by atoms with van der Waals surface area (Å²) in [6, 6.07) is 7.08. The molecule has 0 aliphatic rings. The number of rotatable bonds is 3. The summed E-state index contributed by atoms with van der Waals surface area (Å²) in [5.41, 5.74) is 0.577. The maximum absolute atomic E-state index is 11.4. The van der Waals surface area contributed by atoms with Crippen LogP contribution in [-0.2, 0) is 0 Å². The largest absolute Gasteiger partial charge is 0.465 e. The van der Waals surface area contributed by atoms with E-state index in [-0.39, 0.29) is 5.78 Å². The summed E-state index contributed by atoms with van der Waals surface area (Å²) in [5, 5.41) is 0. The molecular formula is C11H9NO2. The second-order valence-corrected chi connectivity index (χ2v) is 2.80. The Morgan fingerprint density at radius 1 is 1.36 bits per heavy atom. The molecule has 0 aromatic carbocycles. The number of furan rings is 1. The van der Waals surface area contributed by atoms with Gasteiger partial charge in [0.25, 0.3) is 0 Å². The van der Waals surface area contributed by atoms with Crippen LogP contribution in [0.25, 0.3) is 6.08 Å². The lowest BCUT2D eigenvalue weighted by atomic mass is 10.2. The first kappa shape index (κ1) is 8.56. The number of H-pyrrole nitrogens is 1. The molecule has 1 N–H and O–H groups in total. The summed E-state index contributed by atoms with van der Waals surface area (Å²) < 4.78 is 5.05. The first-order chi connectivity index (χ1) is 6.86. The molecule has 2 aromatic rings. The van der Waals surface area contributed by atoms with Crippen LogP contribution in [0.3, 0.4) is 0 Å². The highest BCUT2D eigenvalue weighted by Gasteiger charge is 2.00. The summed E-state index contributed by atoms with van der Waals surface area (Å²) in [6.45, 7) is 0. The quantitative estimate of drug-likeness (QED) is 0.592. The molecule has 3 nitrogen and oxygen atoms in total. The van der Waals surface area contributed by atoms with Gasteiger partial charge in [-0.05, 0) is 36.4 Å². The predicted molar refractivity (Wildman–Crippen MR) is 52.9 cm³/mol. The number of ketones is 1. The Hall–Kier alpha value is -2.03. The number of allylic oxidation sites excluding steroid dienone is 1. The molecule has 2 aromatic heterocycles. The molecular weight excluding hydrogens is 178 g/mol. The number of carbonyl (C=O) groups is 1. The van der Waals surface area contributed by atoms with E-state index >= 15 is 0 Å². The van der Waals surface area contributed by atoms with Crippen molar-refractivity contribution in [2.45, 2.75) is 0 Å². The zero-order valence-corrected chi connectivity index (χ0v) is 7.44. The third-order valence-electron chi connectivity index (χ3n) is 1.81. The Balaban J connectivity index is 2.09. The molecule has 70 valence electrons. The highest BCUT2D eigenvalue weighted by molar-refractivity contribution is 6.05. The van der Waals surface area contributed by atoms with Gasteiger partial charge < -0.3 is 9.40 Å². The molecule has 0 saturated heterocycles. The average Bonchev–Trinajstić information content (AvgIpc) is 2.87. The maximum Gasteiger partial charge on any atom is 0.202 e. The Kier molecular flexibility index (Phi) is 2.32. The van der Waals surface area contributed by atoms with Crippen LogP contribution in [0.4, 0.5) is 0 Å². The molecule has 14 heavy (non-hydrogen) atoms. The number of aromatic nitrogens is 1. The van der Waals surface area contributed by atoms with E-state index in [1.165, 1.54) is 6.08 Å². The Morgan fingerprint density at radius 3 is 2.93 bits per heavy atom. The highest BCUT2D eigenvalue weighted by Crippen LogP contribution is 2.04.